The summed E-state index contributed by atoms with van der Waals surface area (Å²) >= 11 is 0. The average molecular weight is 351 g/mol. The van der Waals surface area contributed by atoms with Crippen molar-refractivity contribution in [1.82, 2.24) is 10.2 Å². The molecule has 2 heterocycles. The molecule has 3 unspecified atom stereocenters. The van der Waals surface area contributed by atoms with E-state index in [1.807, 2.05) is 6.92 Å². The molecule has 3 aliphatic rings. The zero-order chi connectivity index (χ0) is 17.8. The van der Waals surface area contributed by atoms with Gasteiger partial charge in [0.25, 0.3) is 0 Å². The van der Waals surface area contributed by atoms with E-state index >= 15 is 0 Å². The summed E-state index contributed by atoms with van der Waals surface area (Å²) in [6, 6.07) is 0. The fraction of sp³-hybridized carbons (Fsp3) is 0.850. The van der Waals surface area contributed by atoms with Crippen LogP contribution < -0.4 is 5.32 Å². The van der Waals surface area contributed by atoms with E-state index in [-0.39, 0.29) is 11.9 Å². The molecule has 0 aromatic rings. The van der Waals surface area contributed by atoms with Crippen molar-refractivity contribution in [3.05, 3.63) is 12.2 Å². The molecule has 5 nitrogen and oxygen atoms in total. The lowest BCUT2D eigenvalue weighted by Gasteiger charge is -2.35. The number of allylic oxidation sites excluding steroid dienone is 1. The highest BCUT2D eigenvalue weighted by Gasteiger charge is 2.60. The van der Waals surface area contributed by atoms with Crippen molar-refractivity contribution in [2.75, 3.05) is 26.2 Å². The SMILES string of the molecule is CCOC(=O)C12CC1/C=C/CCCCCCCN1CCCC1(O)CN2. The van der Waals surface area contributed by atoms with E-state index in [4.69, 9.17) is 4.74 Å². The minimum Gasteiger partial charge on any atom is -0.465 e. The molecule has 0 radical (unpaired) electrons. The molecule has 1 saturated heterocycles. The first-order valence-corrected chi connectivity index (χ1v) is 10.2. The van der Waals surface area contributed by atoms with Crippen LogP contribution in [0.15, 0.2) is 12.2 Å². The summed E-state index contributed by atoms with van der Waals surface area (Å²) in [5, 5.41) is 14.6. The van der Waals surface area contributed by atoms with Gasteiger partial charge >= 0.3 is 5.97 Å². The Morgan fingerprint density at radius 3 is 2.84 bits per heavy atom. The van der Waals surface area contributed by atoms with Gasteiger partial charge in [-0.2, -0.15) is 0 Å². The second-order valence-corrected chi connectivity index (χ2v) is 7.91. The maximum Gasteiger partial charge on any atom is 0.326 e. The molecule has 1 saturated carbocycles. The van der Waals surface area contributed by atoms with E-state index < -0.39 is 11.3 Å². The first-order valence-electron chi connectivity index (χ1n) is 10.2. The number of nitrogens with zero attached hydrogens (tertiary/aromatic N) is 1. The van der Waals surface area contributed by atoms with E-state index in [1.54, 1.807) is 0 Å². The predicted molar refractivity (Wildman–Crippen MR) is 98.1 cm³/mol. The van der Waals surface area contributed by atoms with Crippen molar-refractivity contribution in [3.8, 4) is 0 Å². The molecule has 0 aromatic heterocycles. The third-order valence-corrected chi connectivity index (χ3v) is 6.10. The van der Waals surface area contributed by atoms with Crippen LogP contribution in [0.2, 0.25) is 0 Å². The zero-order valence-corrected chi connectivity index (χ0v) is 15.6. The van der Waals surface area contributed by atoms with Crippen LogP contribution in [0.4, 0.5) is 0 Å². The Bertz CT molecular complexity index is 495. The van der Waals surface area contributed by atoms with Crippen LogP contribution in [0.5, 0.6) is 0 Å². The van der Waals surface area contributed by atoms with Gasteiger partial charge < -0.3 is 9.84 Å². The highest BCUT2D eigenvalue weighted by Crippen LogP contribution is 2.46. The lowest BCUT2D eigenvalue weighted by Crippen LogP contribution is -2.56. The van der Waals surface area contributed by atoms with Crippen molar-refractivity contribution in [1.29, 1.82) is 0 Å². The van der Waals surface area contributed by atoms with Crippen LogP contribution >= 0.6 is 0 Å². The third-order valence-electron chi connectivity index (χ3n) is 6.10. The Morgan fingerprint density at radius 2 is 2.00 bits per heavy atom. The zero-order valence-electron chi connectivity index (χ0n) is 15.6. The molecule has 5 heteroatoms. The summed E-state index contributed by atoms with van der Waals surface area (Å²) in [5.74, 6) is 0.0252. The maximum absolute atomic E-state index is 12.5. The van der Waals surface area contributed by atoms with Gasteiger partial charge in [-0.3, -0.25) is 15.0 Å². The number of hydrogen-bond acceptors (Lipinski definition) is 5. The Labute approximate surface area is 151 Å². The molecule has 3 atom stereocenters. The number of carbonyl (C=O) groups excluding carboxylic acids is 1. The van der Waals surface area contributed by atoms with Crippen molar-refractivity contribution in [2.24, 2.45) is 5.92 Å². The van der Waals surface area contributed by atoms with E-state index in [2.05, 4.69) is 22.4 Å². The van der Waals surface area contributed by atoms with Crippen LogP contribution in [0, 0.1) is 5.92 Å². The third kappa shape index (κ3) is 4.26. The lowest BCUT2D eigenvalue weighted by molar-refractivity contribution is -0.148. The number of aliphatic hydroxyl groups is 1. The van der Waals surface area contributed by atoms with E-state index in [0.29, 0.717) is 13.2 Å². The second kappa shape index (κ2) is 8.19. The first kappa shape index (κ1) is 18.9. The summed E-state index contributed by atoms with van der Waals surface area (Å²) in [5.41, 5.74) is -1.45. The topological polar surface area (TPSA) is 61.8 Å². The maximum atomic E-state index is 12.5. The number of nitrogens with one attached hydrogen (secondary N) is 1. The summed E-state index contributed by atoms with van der Waals surface area (Å²) in [6.07, 6.45) is 14.2. The minimum atomic E-state index is -0.823. The summed E-state index contributed by atoms with van der Waals surface area (Å²) in [7, 11) is 0. The number of esters is 1. The van der Waals surface area contributed by atoms with Crippen LogP contribution in [0.3, 0.4) is 0 Å². The van der Waals surface area contributed by atoms with Crippen LogP contribution in [-0.4, -0.2) is 53.5 Å². The lowest BCUT2D eigenvalue weighted by atomic mass is 10.1. The molecule has 3 rings (SSSR count). The number of rotatable bonds is 2. The van der Waals surface area contributed by atoms with Gasteiger partial charge in [-0.15, -0.1) is 0 Å². The molecule has 25 heavy (non-hydrogen) atoms. The number of ether oxygens (including phenoxy) is 1. The molecular weight excluding hydrogens is 316 g/mol. The molecule has 142 valence electrons. The van der Waals surface area contributed by atoms with Gasteiger partial charge in [0.05, 0.1) is 6.61 Å². The Morgan fingerprint density at radius 1 is 1.24 bits per heavy atom. The van der Waals surface area contributed by atoms with Gasteiger partial charge in [0.2, 0.25) is 0 Å². The van der Waals surface area contributed by atoms with Crippen molar-refractivity contribution in [3.63, 3.8) is 0 Å². The fourth-order valence-corrected chi connectivity index (χ4v) is 4.38. The van der Waals surface area contributed by atoms with Crippen molar-refractivity contribution < 1.29 is 14.6 Å². The largest absolute Gasteiger partial charge is 0.465 e. The molecule has 2 N–H and O–H groups in total. The Balaban J connectivity index is 1.72. The van der Waals surface area contributed by atoms with Crippen molar-refractivity contribution >= 4 is 5.97 Å². The Hall–Kier alpha value is -0.910. The van der Waals surface area contributed by atoms with Crippen LogP contribution in [0.25, 0.3) is 0 Å². The molecule has 0 spiro atoms. The van der Waals surface area contributed by atoms with Crippen molar-refractivity contribution in [2.45, 2.75) is 76.0 Å². The molecule has 2 fully saturated rings. The quantitative estimate of drug-likeness (QED) is 0.592. The molecule has 0 aromatic carbocycles. The number of β-amino-alcohol motifs (C(OH)–C–C–N with tert-alkyl or cyclic N) is 1. The smallest absolute Gasteiger partial charge is 0.326 e. The van der Waals surface area contributed by atoms with Gasteiger partial charge in [-0.25, -0.2) is 0 Å². The highest BCUT2D eigenvalue weighted by atomic mass is 16.5. The van der Waals surface area contributed by atoms with Gasteiger partial charge in [0.15, 0.2) is 0 Å². The fourth-order valence-electron chi connectivity index (χ4n) is 4.38. The monoisotopic (exact) mass is 350 g/mol. The van der Waals surface area contributed by atoms with E-state index in [1.165, 1.54) is 25.7 Å². The summed E-state index contributed by atoms with van der Waals surface area (Å²) in [4.78, 5) is 14.8. The normalized spacial score (nSPS) is 38.7. The number of fused-ring (bicyclic) bond motifs is 2. The number of hydrogen-bond donors (Lipinski definition) is 2. The molecular formula is C20H34N2O3. The van der Waals surface area contributed by atoms with Crippen LogP contribution in [-0.2, 0) is 9.53 Å². The number of carbonyl (C=O) groups is 1. The predicted octanol–water partition coefficient (Wildman–Crippen LogP) is 2.59. The van der Waals surface area contributed by atoms with Gasteiger partial charge in [0, 0.05) is 25.6 Å². The van der Waals surface area contributed by atoms with Gasteiger partial charge in [0.1, 0.15) is 11.3 Å². The minimum absolute atomic E-state index is 0.165. The van der Waals surface area contributed by atoms with Gasteiger partial charge in [-0.1, -0.05) is 31.4 Å². The van der Waals surface area contributed by atoms with Gasteiger partial charge in [-0.05, 0) is 45.4 Å². The summed E-state index contributed by atoms with van der Waals surface area (Å²) in [6.45, 7) is 4.59. The molecule has 0 bridgehead atoms. The van der Waals surface area contributed by atoms with E-state index in [9.17, 15) is 9.90 Å². The molecule has 2 aliphatic heterocycles. The standard InChI is InChI=1S/C20H34N2O3/c1-2-25-18(23)20-15-17(20)11-8-6-4-3-5-7-9-13-22-14-10-12-19(22,24)16-21-20/h8,11,17,21,24H,2-7,9-10,12-16H2,1H3/b11-8+. The first-order chi connectivity index (χ1) is 12.1. The molecule has 1 aliphatic carbocycles. The van der Waals surface area contributed by atoms with E-state index in [0.717, 1.165) is 45.2 Å². The second-order valence-electron chi connectivity index (χ2n) is 7.91. The Kier molecular flexibility index (Phi) is 6.18. The molecule has 0 amide bonds. The average Bonchev–Trinajstić information content (AvgIpc) is 3.19. The highest BCUT2D eigenvalue weighted by molar-refractivity contribution is 5.85. The van der Waals surface area contributed by atoms with Crippen LogP contribution in [0.1, 0.15) is 64.7 Å². The summed E-state index contributed by atoms with van der Waals surface area (Å²) < 4.78 is 5.33.